The first-order chi connectivity index (χ1) is 9.22. The Labute approximate surface area is 129 Å². The minimum Gasteiger partial charge on any atom is -0.340 e. The summed E-state index contributed by atoms with van der Waals surface area (Å²) in [6, 6.07) is 2.20. The highest BCUT2D eigenvalue weighted by Gasteiger charge is 2.34. The summed E-state index contributed by atoms with van der Waals surface area (Å²) in [5, 5.41) is 0. The van der Waals surface area contributed by atoms with Gasteiger partial charge in [-0.25, -0.2) is 0 Å². The number of aromatic nitrogens is 1. The van der Waals surface area contributed by atoms with E-state index in [4.69, 9.17) is 0 Å². The van der Waals surface area contributed by atoms with Crippen molar-refractivity contribution in [3.05, 3.63) is 22.4 Å². The van der Waals surface area contributed by atoms with Crippen molar-refractivity contribution in [2.75, 3.05) is 26.7 Å². The molecule has 1 fully saturated rings. The lowest BCUT2D eigenvalue weighted by atomic mass is 9.99. The third kappa shape index (κ3) is 2.93. The number of carbonyl (C=O) groups is 1. The monoisotopic (exact) mass is 341 g/mol. The first kappa shape index (κ1) is 15.6. The summed E-state index contributed by atoms with van der Waals surface area (Å²) in [5.74, 6) is 0.130. The van der Waals surface area contributed by atoms with Crippen LogP contribution in [0.1, 0.15) is 44.2 Å². The van der Waals surface area contributed by atoms with Crippen molar-refractivity contribution >= 4 is 21.8 Å². The van der Waals surface area contributed by atoms with E-state index in [0.29, 0.717) is 0 Å². The maximum atomic E-state index is 12.8. The van der Waals surface area contributed by atoms with Crippen molar-refractivity contribution < 1.29 is 4.79 Å². The van der Waals surface area contributed by atoms with Gasteiger partial charge in [-0.2, -0.15) is 0 Å². The van der Waals surface area contributed by atoms with Crippen LogP contribution in [0.3, 0.4) is 0 Å². The van der Waals surface area contributed by atoms with Gasteiger partial charge in [-0.05, 0) is 56.7 Å². The Morgan fingerprint density at radius 3 is 2.55 bits per heavy atom. The molecule has 1 aromatic heterocycles. The molecule has 0 aliphatic carbocycles. The second-order valence-corrected chi connectivity index (χ2v) is 7.42. The van der Waals surface area contributed by atoms with E-state index in [1.165, 1.54) is 0 Å². The number of carbonyl (C=O) groups excluding carboxylic acids is 1. The van der Waals surface area contributed by atoms with Gasteiger partial charge in [0.25, 0.3) is 5.91 Å². The molecular formula is C15H24BrN3O. The summed E-state index contributed by atoms with van der Waals surface area (Å²) in [6.07, 6.45) is 1.99. The number of hydrogen-bond donors (Lipinski definition) is 0. The number of likely N-dealkylation sites (N-methyl/N-ethyl adjacent to an activating group) is 1. The Kier molecular flexibility index (Phi) is 4.30. The van der Waals surface area contributed by atoms with E-state index in [1.807, 2.05) is 21.7 Å². The summed E-state index contributed by atoms with van der Waals surface area (Å²) in [6.45, 7) is 11.0. The van der Waals surface area contributed by atoms with E-state index >= 15 is 0 Å². The molecule has 0 radical (unpaired) electrons. The summed E-state index contributed by atoms with van der Waals surface area (Å²) >= 11 is 3.48. The number of halogens is 1. The normalized spacial score (nSPS) is 19.6. The Balaban J connectivity index is 2.24. The lowest BCUT2D eigenvalue weighted by Gasteiger charge is -2.45. The van der Waals surface area contributed by atoms with Crippen LogP contribution in [0.4, 0.5) is 0 Å². The molecule has 0 atom stereocenters. The SMILES string of the molecule is CC(C)n1cc(Br)cc1C(=O)N1CCN(C)C(C)(C)C1. The molecule has 1 saturated heterocycles. The van der Waals surface area contributed by atoms with Gasteiger partial charge in [0, 0.05) is 41.9 Å². The number of amides is 1. The van der Waals surface area contributed by atoms with Gasteiger partial charge in [0.15, 0.2) is 0 Å². The summed E-state index contributed by atoms with van der Waals surface area (Å²) in [4.78, 5) is 17.1. The number of hydrogen-bond acceptors (Lipinski definition) is 2. The van der Waals surface area contributed by atoms with Crippen LogP contribution in [0.2, 0.25) is 0 Å². The van der Waals surface area contributed by atoms with Gasteiger partial charge in [-0.15, -0.1) is 0 Å². The predicted octanol–water partition coefficient (Wildman–Crippen LogP) is 3.00. The minimum absolute atomic E-state index is 0.0282. The molecular weight excluding hydrogens is 318 g/mol. The highest BCUT2D eigenvalue weighted by atomic mass is 79.9. The van der Waals surface area contributed by atoms with Crippen molar-refractivity contribution in [3.8, 4) is 0 Å². The van der Waals surface area contributed by atoms with Crippen molar-refractivity contribution in [2.45, 2.75) is 39.3 Å². The fraction of sp³-hybridized carbons (Fsp3) is 0.667. The average molecular weight is 342 g/mol. The second-order valence-electron chi connectivity index (χ2n) is 6.51. The molecule has 0 saturated carbocycles. The average Bonchev–Trinajstić information content (AvgIpc) is 2.74. The molecule has 0 bridgehead atoms. The van der Waals surface area contributed by atoms with Crippen LogP contribution in [0.25, 0.3) is 0 Å². The van der Waals surface area contributed by atoms with Crippen LogP contribution in [-0.4, -0.2) is 52.5 Å². The van der Waals surface area contributed by atoms with Crippen LogP contribution in [0, 0.1) is 0 Å². The van der Waals surface area contributed by atoms with E-state index in [1.54, 1.807) is 0 Å². The lowest BCUT2D eigenvalue weighted by Crippen LogP contribution is -2.59. The molecule has 1 amide bonds. The Morgan fingerprint density at radius 2 is 2.00 bits per heavy atom. The molecule has 0 spiro atoms. The molecule has 2 rings (SSSR count). The molecule has 0 aromatic carbocycles. The Hall–Kier alpha value is -0.810. The number of piperazine rings is 1. The van der Waals surface area contributed by atoms with Gasteiger partial charge in [0.05, 0.1) is 0 Å². The predicted molar refractivity (Wildman–Crippen MR) is 85.1 cm³/mol. The summed E-state index contributed by atoms with van der Waals surface area (Å²) in [7, 11) is 2.12. The zero-order chi connectivity index (χ0) is 15.1. The molecule has 0 unspecified atom stereocenters. The molecule has 4 nitrogen and oxygen atoms in total. The highest BCUT2D eigenvalue weighted by molar-refractivity contribution is 9.10. The minimum atomic E-state index is 0.0282. The molecule has 1 aliphatic heterocycles. The smallest absolute Gasteiger partial charge is 0.270 e. The van der Waals surface area contributed by atoms with Crippen LogP contribution in [0.15, 0.2) is 16.7 Å². The zero-order valence-corrected chi connectivity index (χ0v) is 14.6. The molecule has 0 N–H and O–H groups in total. The quantitative estimate of drug-likeness (QED) is 0.827. The van der Waals surface area contributed by atoms with Crippen molar-refractivity contribution in [1.29, 1.82) is 0 Å². The second kappa shape index (κ2) is 5.53. The standard InChI is InChI=1S/C15H24BrN3O/c1-11(2)19-9-12(16)8-13(19)14(20)18-7-6-17(5)15(3,4)10-18/h8-9,11H,6-7,10H2,1-5H3. The van der Waals surface area contributed by atoms with Crippen LogP contribution in [-0.2, 0) is 0 Å². The highest BCUT2D eigenvalue weighted by Crippen LogP contribution is 2.24. The van der Waals surface area contributed by atoms with Crippen molar-refractivity contribution in [2.24, 2.45) is 0 Å². The van der Waals surface area contributed by atoms with Gasteiger partial charge >= 0.3 is 0 Å². The first-order valence-corrected chi connectivity index (χ1v) is 7.89. The van der Waals surface area contributed by atoms with Gasteiger partial charge in [0.1, 0.15) is 5.69 Å². The third-order valence-corrected chi connectivity index (χ3v) is 4.63. The van der Waals surface area contributed by atoms with Gasteiger partial charge in [-0.1, -0.05) is 0 Å². The largest absolute Gasteiger partial charge is 0.340 e. The molecule has 1 aliphatic rings. The van der Waals surface area contributed by atoms with Gasteiger partial charge < -0.3 is 9.47 Å². The number of nitrogens with zero attached hydrogens (tertiary/aromatic N) is 3. The molecule has 112 valence electrons. The van der Waals surface area contributed by atoms with Crippen LogP contribution in [0.5, 0.6) is 0 Å². The van der Waals surface area contributed by atoms with E-state index < -0.39 is 0 Å². The fourth-order valence-corrected chi connectivity index (χ4v) is 3.06. The molecule has 20 heavy (non-hydrogen) atoms. The maximum Gasteiger partial charge on any atom is 0.270 e. The van der Waals surface area contributed by atoms with Gasteiger partial charge in [-0.3, -0.25) is 9.69 Å². The molecule has 2 heterocycles. The molecule has 5 heteroatoms. The summed E-state index contributed by atoms with van der Waals surface area (Å²) < 4.78 is 3.00. The van der Waals surface area contributed by atoms with E-state index in [9.17, 15) is 4.79 Å². The van der Waals surface area contributed by atoms with Crippen LogP contribution < -0.4 is 0 Å². The Bertz CT molecular complexity index is 507. The Morgan fingerprint density at radius 1 is 1.35 bits per heavy atom. The first-order valence-electron chi connectivity index (χ1n) is 7.10. The molecule has 1 aromatic rings. The summed E-state index contributed by atoms with van der Waals surface area (Å²) in [5.41, 5.74) is 0.799. The van der Waals surface area contributed by atoms with E-state index in [2.05, 4.69) is 55.6 Å². The van der Waals surface area contributed by atoms with Crippen molar-refractivity contribution in [1.82, 2.24) is 14.4 Å². The van der Waals surface area contributed by atoms with Gasteiger partial charge in [0.2, 0.25) is 0 Å². The zero-order valence-electron chi connectivity index (χ0n) is 13.0. The van der Waals surface area contributed by atoms with Crippen LogP contribution >= 0.6 is 15.9 Å². The maximum absolute atomic E-state index is 12.8. The topological polar surface area (TPSA) is 28.5 Å². The number of rotatable bonds is 2. The fourth-order valence-electron chi connectivity index (χ4n) is 2.62. The third-order valence-electron chi connectivity index (χ3n) is 4.19. The lowest BCUT2D eigenvalue weighted by molar-refractivity contribution is 0.0303. The van der Waals surface area contributed by atoms with Crippen molar-refractivity contribution in [3.63, 3.8) is 0 Å². The van der Waals surface area contributed by atoms with E-state index in [-0.39, 0.29) is 17.5 Å². The van der Waals surface area contributed by atoms with E-state index in [0.717, 1.165) is 29.8 Å².